The third-order valence-electron chi connectivity index (χ3n) is 3.04. The van der Waals surface area contributed by atoms with Gasteiger partial charge in [0.05, 0.1) is 19.3 Å². The van der Waals surface area contributed by atoms with Crippen LogP contribution in [0.15, 0.2) is 24.3 Å². The van der Waals surface area contributed by atoms with Gasteiger partial charge in [0.15, 0.2) is 6.10 Å². The molecule has 19 heavy (non-hydrogen) atoms. The van der Waals surface area contributed by atoms with E-state index in [9.17, 15) is 0 Å². The van der Waals surface area contributed by atoms with Crippen LogP contribution in [0.5, 0.6) is 5.75 Å². The lowest BCUT2D eigenvalue weighted by molar-refractivity contribution is -0.000844. The molecule has 5 nitrogen and oxygen atoms in total. The predicted octanol–water partition coefficient (Wildman–Crippen LogP) is 1.26. The standard InChI is InChI=1S/C14H19N3O2/c15-10-14-11-17(6-8-19-14)5-2-7-18-13-4-1-3-12(16)9-13/h1,3-4,9,14H,2,5-8,11,16H2. The van der Waals surface area contributed by atoms with E-state index >= 15 is 0 Å². The SMILES string of the molecule is N#CC1CN(CCCOc2cccc(N)c2)CCO1. The summed E-state index contributed by atoms with van der Waals surface area (Å²) in [7, 11) is 0. The van der Waals surface area contributed by atoms with Crippen molar-refractivity contribution in [3.8, 4) is 11.8 Å². The molecule has 0 aromatic heterocycles. The van der Waals surface area contributed by atoms with E-state index in [2.05, 4.69) is 11.0 Å². The van der Waals surface area contributed by atoms with E-state index in [1.165, 1.54) is 0 Å². The second-order valence-corrected chi connectivity index (χ2v) is 4.56. The van der Waals surface area contributed by atoms with E-state index in [0.717, 1.165) is 25.3 Å². The molecular weight excluding hydrogens is 242 g/mol. The number of hydrogen-bond acceptors (Lipinski definition) is 5. The van der Waals surface area contributed by atoms with Crippen molar-refractivity contribution in [2.24, 2.45) is 0 Å². The molecule has 0 radical (unpaired) electrons. The molecule has 0 amide bonds. The van der Waals surface area contributed by atoms with Crippen LogP contribution >= 0.6 is 0 Å². The van der Waals surface area contributed by atoms with Gasteiger partial charge in [0, 0.05) is 31.4 Å². The van der Waals surface area contributed by atoms with Crippen LogP contribution in [0.4, 0.5) is 5.69 Å². The lowest BCUT2D eigenvalue weighted by atomic mass is 10.2. The minimum atomic E-state index is -0.288. The van der Waals surface area contributed by atoms with E-state index in [0.29, 0.717) is 25.4 Å². The Balaban J connectivity index is 1.65. The molecule has 0 spiro atoms. The van der Waals surface area contributed by atoms with Crippen LogP contribution in [0.3, 0.4) is 0 Å². The Kier molecular flexibility index (Phi) is 5.01. The van der Waals surface area contributed by atoms with E-state index in [-0.39, 0.29) is 6.10 Å². The lowest BCUT2D eigenvalue weighted by Gasteiger charge is -2.29. The van der Waals surface area contributed by atoms with E-state index < -0.39 is 0 Å². The van der Waals surface area contributed by atoms with Crippen LogP contribution < -0.4 is 10.5 Å². The topological polar surface area (TPSA) is 71.5 Å². The number of rotatable bonds is 5. The fourth-order valence-electron chi connectivity index (χ4n) is 2.07. The first-order valence-electron chi connectivity index (χ1n) is 6.50. The van der Waals surface area contributed by atoms with Gasteiger partial charge in [0.25, 0.3) is 0 Å². The lowest BCUT2D eigenvalue weighted by Crippen LogP contribution is -2.42. The molecule has 0 aliphatic carbocycles. The van der Waals surface area contributed by atoms with Crippen molar-refractivity contribution in [3.05, 3.63) is 24.3 Å². The van der Waals surface area contributed by atoms with Gasteiger partial charge in [-0.2, -0.15) is 5.26 Å². The summed E-state index contributed by atoms with van der Waals surface area (Å²) in [4.78, 5) is 2.24. The van der Waals surface area contributed by atoms with Gasteiger partial charge < -0.3 is 15.2 Å². The summed E-state index contributed by atoms with van der Waals surface area (Å²) in [5, 5.41) is 8.82. The maximum absolute atomic E-state index is 8.82. The zero-order chi connectivity index (χ0) is 13.5. The summed E-state index contributed by atoms with van der Waals surface area (Å²) >= 11 is 0. The summed E-state index contributed by atoms with van der Waals surface area (Å²) in [6.45, 7) is 3.78. The number of benzene rings is 1. The molecule has 1 heterocycles. The van der Waals surface area contributed by atoms with Crippen LogP contribution in [-0.4, -0.2) is 43.9 Å². The zero-order valence-corrected chi connectivity index (χ0v) is 10.9. The van der Waals surface area contributed by atoms with Crippen LogP contribution in [0.25, 0.3) is 0 Å². The molecule has 1 atom stereocenters. The normalized spacial score (nSPS) is 19.8. The number of nitriles is 1. The van der Waals surface area contributed by atoms with Gasteiger partial charge in [0.1, 0.15) is 5.75 Å². The number of nitrogens with zero attached hydrogens (tertiary/aromatic N) is 2. The highest BCUT2D eigenvalue weighted by molar-refractivity contribution is 5.43. The third-order valence-corrected chi connectivity index (χ3v) is 3.04. The fraction of sp³-hybridized carbons (Fsp3) is 0.500. The third kappa shape index (κ3) is 4.43. The fourth-order valence-corrected chi connectivity index (χ4v) is 2.07. The van der Waals surface area contributed by atoms with Crippen molar-refractivity contribution in [1.82, 2.24) is 4.90 Å². The van der Waals surface area contributed by atoms with E-state index in [1.54, 1.807) is 0 Å². The first-order chi connectivity index (χ1) is 9.28. The van der Waals surface area contributed by atoms with Crippen molar-refractivity contribution in [1.29, 1.82) is 5.26 Å². The Morgan fingerprint density at radius 3 is 3.21 bits per heavy atom. The summed E-state index contributed by atoms with van der Waals surface area (Å²) in [5.74, 6) is 0.803. The van der Waals surface area contributed by atoms with Crippen LogP contribution in [0.1, 0.15) is 6.42 Å². The number of anilines is 1. The van der Waals surface area contributed by atoms with E-state index in [1.807, 2.05) is 24.3 Å². The molecule has 0 saturated carbocycles. The van der Waals surface area contributed by atoms with Crippen LogP contribution in [-0.2, 0) is 4.74 Å². The summed E-state index contributed by atoms with van der Waals surface area (Å²) in [6, 6.07) is 9.58. The quantitative estimate of drug-likeness (QED) is 0.638. The number of morpholine rings is 1. The molecule has 1 fully saturated rings. The highest BCUT2D eigenvalue weighted by Gasteiger charge is 2.19. The van der Waals surface area contributed by atoms with Gasteiger partial charge in [-0.25, -0.2) is 0 Å². The number of ether oxygens (including phenoxy) is 2. The van der Waals surface area contributed by atoms with Gasteiger partial charge >= 0.3 is 0 Å². The molecule has 5 heteroatoms. The molecule has 1 aromatic carbocycles. The van der Waals surface area contributed by atoms with Gasteiger partial charge in [-0.1, -0.05) is 6.07 Å². The largest absolute Gasteiger partial charge is 0.493 e. The number of hydrogen-bond donors (Lipinski definition) is 1. The first-order valence-corrected chi connectivity index (χ1v) is 6.50. The maximum Gasteiger partial charge on any atom is 0.156 e. The molecule has 2 rings (SSSR count). The molecule has 2 N–H and O–H groups in total. The van der Waals surface area contributed by atoms with Gasteiger partial charge in [-0.3, -0.25) is 4.90 Å². The number of nitrogen functional groups attached to an aromatic ring is 1. The van der Waals surface area contributed by atoms with Crippen molar-refractivity contribution in [3.63, 3.8) is 0 Å². The Morgan fingerprint density at radius 2 is 2.42 bits per heavy atom. The Labute approximate surface area is 113 Å². The summed E-state index contributed by atoms with van der Waals surface area (Å²) in [5.41, 5.74) is 6.39. The average molecular weight is 261 g/mol. The molecule has 1 aromatic rings. The van der Waals surface area contributed by atoms with Crippen molar-refractivity contribution >= 4 is 5.69 Å². The Morgan fingerprint density at radius 1 is 1.53 bits per heavy atom. The van der Waals surface area contributed by atoms with Gasteiger partial charge in [-0.05, 0) is 18.6 Å². The Hall–Kier alpha value is -1.77. The molecule has 1 saturated heterocycles. The monoisotopic (exact) mass is 261 g/mol. The maximum atomic E-state index is 8.82. The predicted molar refractivity (Wildman–Crippen MR) is 72.8 cm³/mol. The second kappa shape index (κ2) is 6.98. The molecule has 1 unspecified atom stereocenters. The molecule has 1 aliphatic heterocycles. The summed E-state index contributed by atoms with van der Waals surface area (Å²) in [6.07, 6.45) is 0.635. The minimum Gasteiger partial charge on any atom is -0.493 e. The highest BCUT2D eigenvalue weighted by atomic mass is 16.5. The molecule has 102 valence electrons. The van der Waals surface area contributed by atoms with Crippen molar-refractivity contribution in [2.75, 3.05) is 38.6 Å². The van der Waals surface area contributed by atoms with Gasteiger partial charge in [-0.15, -0.1) is 0 Å². The highest BCUT2D eigenvalue weighted by Crippen LogP contribution is 2.14. The molecular formula is C14H19N3O2. The Bertz CT molecular complexity index is 445. The van der Waals surface area contributed by atoms with Crippen molar-refractivity contribution < 1.29 is 9.47 Å². The second-order valence-electron chi connectivity index (χ2n) is 4.56. The van der Waals surface area contributed by atoms with Crippen LogP contribution in [0, 0.1) is 11.3 Å². The minimum absolute atomic E-state index is 0.288. The first kappa shape index (κ1) is 13.7. The summed E-state index contributed by atoms with van der Waals surface area (Å²) < 4.78 is 10.9. The molecule has 0 bridgehead atoms. The zero-order valence-electron chi connectivity index (χ0n) is 10.9. The van der Waals surface area contributed by atoms with Gasteiger partial charge in [0.2, 0.25) is 0 Å². The van der Waals surface area contributed by atoms with Crippen molar-refractivity contribution in [2.45, 2.75) is 12.5 Å². The number of nitrogens with two attached hydrogens (primary N) is 1. The molecule has 1 aliphatic rings. The average Bonchev–Trinajstić information content (AvgIpc) is 2.44. The van der Waals surface area contributed by atoms with E-state index in [4.69, 9.17) is 20.5 Å². The smallest absolute Gasteiger partial charge is 0.156 e. The van der Waals surface area contributed by atoms with Crippen LogP contribution in [0.2, 0.25) is 0 Å².